The van der Waals surface area contributed by atoms with Gasteiger partial charge in [-0.25, -0.2) is 0 Å². The van der Waals surface area contributed by atoms with Crippen LogP contribution in [0.15, 0.2) is 85.1 Å². The number of H-pyrrole nitrogens is 1. The summed E-state index contributed by atoms with van der Waals surface area (Å²) >= 11 is 0. The number of nitrogens with zero attached hydrogens (tertiary/aromatic N) is 2. The zero-order valence-corrected chi connectivity index (χ0v) is 20.7. The van der Waals surface area contributed by atoms with Crippen molar-refractivity contribution in [1.82, 2.24) is 14.8 Å². The van der Waals surface area contributed by atoms with Crippen LogP contribution in [0.5, 0.6) is 0 Å². The molecule has 1 aromatic heterocycles. The number of alkyl halides is 3. The Bertz CT molecular complexity index is 1410. The van der Waals surface area contributed by atoms with Gasteiger partial charge in [-0.1, -0.05) is 48.5 Å². The second-order valence-electron chi connectivity index (χ2n) is 9.65. The lowest BCUT2D eigenvalue weighted by atomic mass is 10.1. The molecule has 0 radical (unpaired) electrons. The van der Waals surface area contributed by atoms with Crippen molar-refractivity contribution in [3.63, 3.8) is 0 Å². The van der Waals surface area contributed by atoms with E-state index in [-0.39, 0.29) is 24.1 Å². The highest BCUT2D eigenvalue weighted by atomic mass is 19.4. The highest BCUT2D eigenvalue weighted by Gasteiger charge is 2.36. The Kier molecular flexibility index (Phi) is 7.22. The first-order valence-corrected chi connectivity index (χ1v) is 12.6. The average Bonchev–Trinajstić information content (AvgIpc) is 3.68. The van der Waals surface area contributed by atoms with Gasteiger partial charge in [0.05, 0.1) is 5.56 Å². The van der Waals surface area contributed by atoms with Gasteiger partial charge in [-0.2, -0.15) is 13.2 Å². The molecule has 0 spiro atoms. The van der Waals surface area contributed by atoms with Crippen LogP contribution in [0, 0.1) is 0 Å². The van der Waals surface area contributed by atoms with E-state index in [1.807, 2.05) is 60.8 Å². The molecule has 4 aromatic rings. The lowest BCUT2D eigenvalue weighted by Crippen LogP contribution is -2.44. The molecule has 196 valence electrons. The molecule has 0 aliphatic heterocycles. The molecule has 0 saturated heterocycles. The summed E-state index contributed by atoms with van der Waals surface area (Å²) in [5, 5.41) is 1.11. The number of amides is 2. The third kappa shape index (κ3) is 5.90. The molecule has 0 atom stereocenters. The number of aromatic amines is 1. The van der Waals surface area contributed by atoms with Crippen molar-refractivity contribution in [3.8, 4) is 0 Å². The smallest absolute Gasteiger partial charge is 0.361 e. The lowest BCUT2D eigenvalue weighted by molar-refractivity contribution is -0.137. The van der Waals surface area contributed by atoms with Gasteiger partial charge in [0.15, 0.2) is 0 Å². The SMILES string of the molecule is O=C(CN(C(=O)c1ccc(C(F)(F)F)cc1)C1CC1)N(CCc1c[nH]c2ccccc12)Cc1ccccc1. The van der Waals surface area contributed by atoms with Crippen LogP contribution in [-0.2, 0) is 23.9 Å². The number of halogens is 3. The molecular formula is C30H28F3N3O2. The molecule has 1 saturated carbocycles. The molecule has 5 nitrogen and oxygen atoms in total. The summed E-state index contributed by atoms with van der Waals surface area (Å²) in [6.07, 6.45) is -0.336. The summed E-state index contributed by atoms with van der Waals surface area (Å²) < 4.78 is 38.9. The van der Waals surface area contributed by atoms with Crippen molar-refractivity contribution in [3.05, 3.63) is 107 Å². The van der Waals surface area contributed by atoms with Crippen molar-refractivity contribution >= 4 is 22.7 Å². The van der Waals surface area contributed by atoms with E-state index >= 15 is 0 Å². The highest BCUT2D eigenvalue weighted by Crippen LogP contribution is 2.31. The van der Waals surface area contributed by atoms with Gasteiger partial charge >= 0.3 is 6.18 Å². The number of carbonyl (C=O) groups excluding carboxylic acids is 2. The summed E-state index contributed by atoms with van der Waals surface area (Å²) in [7, 11) is 0. The normalized spacial score (nSPS) is 13.4. The Morgan fingerprint density at radius 2 is 1.58 bits per heavy atom. The predicted octanol–water partition coefficient (Wildman–Crippen LogP) is 6.06. The Morgan fingerprint density at radius 1 is 0.895 bits per heavy atom. The predicted molar refractivity (Wildman–Crippen MR) is 139 cm³/mol. The van der Waals surface area contributed by atoms with E-state index in [4.69, 9.17) is 0 Å². The quantitative estimate of drug-likeness (QED) is 0.292. The second-order valence-corrected chi connectivity index (χ2v) is 9.65. The molecule has 8 heteroatoms. The molecule has 1 fully saturated rings. The molecule has 2 amide bonds. The first-order chi connectivity index (χ1) is 18.3. The molecule has 0 unspecified atom stereocenters. The van der Waals surface area contributed by atoms with E-state index in [9.17, 15) is 22.8 Å². The van der Waals surface area contributed by atoms with Gasteiger partial charge in [0, 0.05) is 41.8 Å². The van der Waals surface area contributed by atoms with E-state index in [1.165, 1.54) is 17.0 Å². The van der Waals surface area contributed by atoms with Crippen LogP contribution in [-0.4, -0.2) is 45.7 Å². The van der Waals surface area contributed by atoms with Crippen molar-refractivity contribution < 1.29 is 22.8 Å². The van der Waals surface area contributed by atoms with Gasteiger partial charge in [-0.3, -0.25) is 9.59 Å². The summed E-state index contributed by atoms with van der Waals surface area (Å²) in [6.45, 7) is 0.739. The van der Waals surface area contributed by atoms with E-state index in [0.29, 0.717) is 19.5 Å². The van der Waals surface area contributed by atoms with Crippen LogP contribution in [0.2, 0.25) is 0 Å². The second kappa shape index (κ2) is 10.7. The minimum atomic E-state index is -4.48. The molecule has 1 aliphatic rings. The maximum absolute atomic E-state index is 13.6. The Hall–Kier alpha value is -4.07. The number of benzene rings is 3. The molecule has 0 bridgehead atoms. The third-order valence-electron chi connectivity index (χ3n) is 6.91. The number of aromatic nitrogens is 1. The zero-order chi connectivity index (χ0) is 26.7. The van der Waals surface area contributed by atoms with Gasteiger partial charge in [0.1, 0.15) is 6.54 Å². The summed E-state index contributed by atoms with van der Waals surface area (Å²) in [4.78, 5) is 33.4. The van der Waals surface area contributed by atoms with Crippen LogP contribution in [0.25, 0.3) is 10.9 Å². The topological polar surface area (TPSA) is 56.4 Å². The largest absolute Gasteiger partial charge is 0.416 e. The fraction of sp³-hybridized carbons (Fsp3) is 0.267. The van der Waals surface area contributed by atoms with E-state index in [0.717, 1.165) is 47.0 Å². The lowest BCUT2D eigenvalue weighted by Gasteiger charge is -2.28. The highest BCUT2D eigenvalue weighted by molar-refractivity contribution is 5.97. The number of para-hydroxylation sites is 1. The average molecular weight is 520 g/mol. The Balaban J connectivity index is 1.33. The van der Waals surface area contributed by atoms with Gasteiger partial charge in [0.25, 0.3) is 5.91 Å². The van der Waals surface area contributed by atoms with Crippen LogP contribution in [0.3, 0.4) is 0 Å². The molecule has 1 heterocycles. The fourth-order valence-electron chi connectivity index (χ4n) is 4.66. The van der Waals surface area contributed by atoms with Crippen LogP contribution < -0.4 is 0 Å². The van der Waals surface area contributed by atoms with Gasteiger partial charge in [-0.15, -0.1) is 0 Å². The summed E-state index contributed by atoms with van der Waals surface area (Å²) in [5.41, 5.74) is 2.45. The monoisotopic (exact) mass is 519 g/mol. The van der Waals surface area contributed by atoms with E-state index in [1.54, 1.807) is 4.90 Å². The van der Waals surface area contributed by atoms with Crippen molar-refractivity contribution in [2.24, 2.45) is 0 Å². The van der Waals surface area contributed by atoms with Crippen LogP contribution in [0.4, 0.5) is 13.2 Å². The first kappa shape index (κ1) is 25.6. The van der Waals surface area contributed by atoms with E-state index in [2.05, 4.69) is 4.98 Å². The summed E-state index contributed by atoms with van der Waals surface area (Å²) in [5.74, 6) is -0.619. The molecule has 3 aromatic carbocycles. The first-order valence-electron chi connectivity index (χ1n) is 12.6. The molecule has 1 N–H and O–H groups in total. The minimum absolute atomic E-state index is 0.0825. The standard InChI is InChI=1S/C30H28F3N3O2/c31-30(32,33)24-12-10-22(11-13-24)29(38)36(25-14-15-25)20-28(37)35(19-21-6-2-1-3-7-21)17-16-23-18-34-27-9-5-4-8-26(23)27/h1-13,18,25,34H,14-17,19-20H2. The minimum Gasteiger partial charge on any atom is -0.361 e. The van der Waals surface area contributed by atoms with Gasteiger partial charge in [0.2, 0.25) is 5.91 Å². The molecule has 1 aliphatic carbocycles. The van der Waals surface area contributed by atoms with Gasteiger partial charge in [-0.05, 0) is 60.7 Å². The number of carbonyl (C=O) groups is 2. The maximum atomic E-state index is 13.6. The number of nitrogens with one attached hydrogen (secondary N) is 1. The van der Waals surface area contributed by atoms with Crippen molar-refractivity contribution in [2.75, 3.05) is 13.1 Å². The van der Waals surface area contributed by atoms with Crippen molar-refractivity contribution in [1.29, 1.82) is 0 Å². The number of rotatable bonds is 9. The third-order valence-corrected chi connectivity index (χ3v) is 6.91. The summed E-state index contributed by atoms with van der Waals surface area (Å²) in [6, 6.07) is 21.8. The van der Waals surface area contributed by atoms with Gasteiger partial charge < -0.3 is 14.8 Å². The van der Waals surface area contributed by atoms with Crippen molar-refractivity contribution in [2.45, 2.75) is 38.0 Å². The van der Waals surface area contributed by atoms with Crippen LogP contribution >= 0.6 is 0 Å². The molecular weight excluding hydrogens is 491 g/mol. The fourth-order valence-corrected chi connectivity index (χ4v) is 4.66. The Labute approximate surface area is 218 Å². The Morgan fingerprint density at radius 3 is 2.26 bits per heavy atom. The number of hydrogen-bond donors (Lipinski definition) is 1. The van der Waals surface area contributed by atoms with Crippen LogP contribution in [0.1, 0.15) is 39.9 Å². The number of hydrogen-bond acceptors (Lipinski definition) is 2. The maximum Gasteiger partial charge on any atom is 0.416 e. The molecule has 38 heavy (non-hydrogen) atoms. The number of fused-ring (bicyclic) bond motifs is 1. The zero-order valence-electron chi connectivity index (χ0n) is 20.7. The van der Waals surface area contributed by atoms with E-state index < -0.39 is 17.6 Å². The molecule has 5 rings (SSSR count).